The fourth-order valence-electron chi connectivity index (χ4n) is 5.32. The molecule has 0 aliphatic heterocycles. The second-order valence-electron chi connectivity index (χ2n) is 9.38. The van der Waals surface area contributed by atoms with E-state index in [4.69, 9.17) is 20.5 Å². The molecule has 0 heterocycles. The van der Waals surface area contributed by atoms with Gasteiger partial charge in [0.25, 0.3) is 0 Å². The van der Waals surface area contributed by atoms with Crippen molar-refractivity contribution in [1.82, 2.24) is 9.80 Å². The molecular formula is C26H44N4O2. The summed E-state index contributed by atoms with van der Waals surface area (Å²) in [6, 6.07) is 13.0. The largest absolute Gasteiger partial charge is 0.383 e. The van der Waals surface area contributed by atoms with Crippen molar-refractivity contribution in [2.75, 3.05) is 54.6 Å². The third-order valence-electron chi connectivity index (χ3n) is 7.60. The van der Waals surface area contributed by atoms with Crippen molar-refractivity contribution in [3.05, 3.63) is 35.9 Å². The summed E-state index contributed by atoms with van der Waals surface area (Å²) in [5.74, 6) is 0. The van der Waals surface area contributed by atoms with Crippen LogP contribution in [0.1, 0.15) is 63.0 Å². The van der Waals surface area contributed by atoms with Crippen molar-refractivity contribution in [2.24, 2.45) is 5.73 Å². The summed E-state index contributed by atoms with van der Waals surface area (Å²) in [5.41, 5.74) is 7.77. The van der Waals surface area contributed by atoms with Crippen LogP contribution in [0.25, 0.3) is 0 Å². The highest BCUT2D eigenvalue weighted by molar-refractivity contribution is 5.23. The molecule has 2 aliphatic rings. The standard InChI is InChI=1S/C16H26N2O.C10H18N2O/c1-18(12-13-19-2)16(10-6-7-11-16)15(17)14-8-4-3-5-9-14;1-12(7-8-13-2)10(9-11)5-3-4-6-10/h3-5,8-9,15H,6-7,10-13,17H2,1-2H3;3-8H2,1-2H3. The average Bonchev–Trinajstić information content (AvgIpc) is 3.53. The highest BCUT2D eigenvalue weighted by Gasteiger charge is 2.43. The second kappa shape index (κ2) is 13.3. The molecule has 6 nitrogen and oxygen atoms in total. The molecule has 1 aromatic rings. The third kappa shape index (κ3) is 6.52. The van der Waals surface area contributed by atoms with Crippen molar-refractivity contribution in [1.29, 1.82) is 5.26 Å². The maximum atomic E-state index is 9.15. The molecule has 1 aromatic carbocycles. The number of methoxy groups -OCH3 is 2. The molecule has 0 aromatic heterocycles. The fourth-order valence-corrected chi connectivity index (χ4v) is 5.32. The number of likely N-dealkylation sites (N-methyl/N-ethyl adjacent to an activating group) is 2. The van der Waals surface area contributed by atoms with Gasteiger partial charge < -0.3 is 15.2 Å². The molecule has 0 saturated heterocycles. The molecule has 2 aliphatic carbocycles. The Morgan fingerprint density at radius 2 is 1.41 bits per heavy atom. The van der Waals surface area contributed by atoms with Gasteiger partial charge in [-0.25, -0.2) is 0 Å². The zero-order valence-electron chi connectivity index (χ0n) is 20.7. The van der Waals surface area contributed by atoms with Gasteiger partial charge in [-0.1, -0.05) is 56.0 Å². The quantitative estimate of drug-likeness (QED) is 0.588. The Labute approximate surface area is 195 Å². The molecule has 0 bridgehead atoms. The molecule has 32 heavy (non-hydrogen) atoms. The highest BCUT2D eigenvalue weighted by atomic mass is 16.5. The van der Waals surface area contributed by atoms with E-state index in [1.54, 1.807) is 14.2 Å². The van der Waals surface area contributed by atoms with Gasteiger partial charge in [-0.05, 0) is 45.3 Å². The molecule has 2 fully saturated rings. The lowest BCUT2D eigenvalue weighted by atomic mass is 9.83. The number of hydrogen-bond donors (Lipinski definition) is 1. The topological polar surface area (TPSA) is 74.8 Å². The van der Waals surface area contributed by atoms with E-state index in [9.17, 15) is 0 Å². The Kier molecular flexibility index (Phi) is 11.1. The van der Waals surface area contributed by atoms with Gasteiger partial charge in [-0.15, -0.1) is 0 Å². The normalized spacial score (nSPS) is 20.1. The van der Waals surface area contributed by atoms with E-state index in [1.165, 1.54) is 44.1 Å². The summed E-state index contributed by atoms with van der Waals surface area (Å²) in [7, 11) is 7.66. The zero-order chi connectivity index (χ0) is 23.5. The van der Waals surface area contributed by atoms with Gasteiger partial charge in [0.05, 0.1) is 19.3 Å². The van der Waals surface area contributed by atoms with Gasteiger partial charge in [0.15, 0.2) is 0 Å². The van der Waals surface area contributed by atoms with E-state index < -0.39 is 0 Å². The number of nitrogens with zero attached hydrogens (tertiary/aromatic N) is 3. The highest BCUT2D eigenvalue weighted by Crippen LogP contribution is 2.42. The molecule has 6 heteroatoms. The van der Waals surface area contributed by atoms with Gasteiger partial charge in [-0.2, -0.15) is 5.26 Å². The van der Waals surface area contributed by atoms with Crippen molar-refractivity contribution >= 4 is 0 Å². The van der Waals surface area contributed by atoms with Crippen LogP contribution in [0, 0.1) is 11.3 Å². The molecule has 2 saturated carbocycles. The molecular weight excluding hydrogens is 400 g/mol. The minimum absolute atomic E-state index is 0.0815. The molecule has 180 valence electrons. The third-order valence-corrected chi connectivity index (χ3v) is 7.60. The minimum atomic E-state index is -0.196. The molecule has 0 spiro atoms. The molecule has 0 radical (unpaired) electrons. The number of ether oxygens (including phenoxy) is 2. The van der Waals surface area contributed by atoms with Crippen LogP contribution in [0.5, 0.6) is 0 Å². The number of hydrogen-bond acceptors (Lipinski definition) is 6. The minimum Gasteiger partial charge on any atom is -0.383 e. The summed E-state index contributed by atoms with van der Waals surface area (Å²) in [6.45, 7) is 3.26. The Balaban J connectivity index is 0.000000244. The summed E-state index contributed by atoms with van der Waals surface area (Å²) in [5, 5.41) is 9.15. The first-order valence-corrected chi connectivity index (χ1v) is 12.1. The van der Waals surface area contributed by atoms with Crippen LogP contribution in [0.2, 0.25) is 0 Å². The first-order valence-electron chi connectivity index (χ1n) is 12.1. The van der Waals surface area contributed by atoms with Crippen LogP contribution in [0.4, 0.5) is 0 Å². The Bertz CT molecular complexity index is 679. The monoisotopic (exact) mass is 444 g/mol. The van der Waals surface area contributed by atoms with E-state index in [0.29, 0.717) is 6.61 Å². The lowest BCUT2D eigenvalue weighted by Gasteiger charge is -2.43. The van der Waals surface area contributed by atoms with Gasteiger partial charge in [0.1, 0.15) is 5.54 Å². The van der Waals surface area contributed by atoms with Crippen LogP contribution in [-0.4, -0.2) is 75.5 Å². The summed E-state index contributed by atoms with van der Waals surface area (Å²) in [6.07, 6.45) is 9.32. The zero-order valence-corrected chi connectivity index (χ0v) is 20.7. The Morgan fingerprint density at radius 3 is 1.91 bits per heavy atom. The van der Waals surface area contributed by atoms with Gasteiger partial charge >= 0.3 is 0 Å². The average molecular weight is 445 g/mol. The van der Waals surface area contributed by atoms with Crippen LogP contribution >= 0.6 is 0 Å². The van der Waals surface area contributed by atoms with Crippen molar-refractivity contribution < 1.29 is 9.47 Å². The van der Waals surface area contributed by atoms with E-state index in [2.05, 4.69) is 47.2 Å². The smallest absolute Gasteiger partial charge is 0.109 e. The molecule has 3 rings (SSSR count). The molecule has 1 atom stereocenters. The van der Waals surface area contributed by atoms with Crippen molar-refractivity contribution in [2.45, 2.75) is 68.5 Å². The van der Waals surface area contributed by atoms with E-state index in [-0.39, 0.29) is 17.1 Å². The predicted octanol–water partition coefficient (Wildman–Crippen LogP) is 3.98. The Hall–Kier alpha value is -1.49. The summed E-state index contributed by atoms with van der Waals surface area (Å²) in [4.78, 5) is 4.56. The van der Waals surface area contributed by atoms with Crippen LogP contribution in [0.3, 0.4) is 0 Å². The fraction of sp³-hybridized carbons (Fsp3) is 0.731. The van der Waals surface area contributed by atoms with Crippen LogP contribution in [0.15, 0.2) is 30.3 Å². The summed E-state index contributed by atoms with van der Waals surface area (Å²) < 4.78 is 10.2. The first kappa shape index (κ1) is 26.8. The van der Waals surface area contributed by atoms with Gasteiger partial charge in [0, 0.05) is 38.9 Å². The number of rotatable bonds is 10. The van der Waals surface area contributed by atoms with E-state index in [0.717, 1.165) is 32.5 Å². The van der Waals surface area contributed by atoms with Gasteiger partial charge in [-0.3, -0.25) is 9.80 Å². The lowest BCUT2D eigenvalue weighted by Crippen LogP contribution is -2.53. The van der Waals surface area contributed by atoms with Gasteiger partial charge in [0.2, 0.25) is 0 Å². The first-order chi connectivity index (χ1) is 15.5. The molecule has 2 N–H and O–H groups in total. The molecule has 1 unspecified atom stereocenters. The SMILES string of the molecule is COCCN(C)C1(C#N)CCCC1.COCCN(C)C1(C(N)c2ccccc2)CCCC1. The van der Waals surface area contributed by atoms with Crippen LogP contribution < -0.4 is 5.73 Å². The maximum Gasteiger partial charge on any atom is 0.109 e. The summed E-state index contributed by atoms with van der Waals surface area (Å²) >= 11 is 0. The van der Waals surface area contributed by atoms with E-state index >= 15 is 0 Å². The number of nitrogens with two attached hydrogens (primary N) is 1. The van der Waals surface area contributed by atoms with Crippen LogP contribution in [-0.2, 0) is 9.47 Å². The second-order valence-corrected chi connectivity index (χ2v) is 9.38. The lowest BCUT2D eigenvalue weighted by molar-refractivity contribution is 0.0624. The van der Waals surface area contributed by atoms with Crippen molar-refractivity contribution in [3.8, 4) is 6.07 Å². The van der Waals surface area contributed by atoms with E-state index in [1.807, 2.05) is 13.1 Å². The van der Waals surface area contributed by atoms with Crippen molar-refractivity contribution in [3.63, 3.8) is 0 Å². The Morgan fingerprint density at radius 1 is 0.906 bits per heavy atom. The molecule has 0 amide bonds. The predicted molar refractivity (Wildman–Crippen MR) is 130 cm³/mol. The number of benzene rings is 1. The number of nitriles is 1. The maximum absolute atomic E-state index is 9.15.